The van der Waals surface area contributed by atoms with E-state index in [0.29, 0.717) is 48.2 Å². The van der Waals surface area contributed by atoms with Crippen molar-refractivity contribution in [3.8, 4) is 23.0 Å². The molecule has 1 fully saturated rings. The van der Waals surface area contributed by atoms with Crippen LogP contribution in [0, 0.1) is 5.92 Å². The topological polar surface area (TPSA) is 91.4 Å². The predicted octanol–water partition coefficient (Wildman–Crippen LogP) is 12.1. The van der Waals surface area contributed by atoms with Crippen molar-refractivity contribution in [3.63, 3.8) is 0 Å². The Kier molecular flexibility index (Phi) is 13.3. The average Bonchev–Trinajstić information content (AvgIpc) is 3.62. The third-order valence-electron chi connectivity index (χ3n) is 13.0. The summed E-state index contributed by atoms with van der Waals surface area (Å²) in [5.74, 6) is 2.68. The zero-order valence-corrected chi connectivity index (χ0v) is 37.8. The number of thioether (sulfide) groups is 1. The molecule has 0 bridgehead atoms. The van der Waals surface area contributed by atoms with Gasteiger partial charge in [0, 0.05) is 53.6 Å². The van der Waals surface area contributed by atoms with Crippen LogP contribution in [0.3, 0.4) is 0 Å². The summed E-state index contributed by atoms with van der Waals surface area (Å²) < 4.78 is 27.0. The molecule has 5 aromatic rings. The standard InChI is InChI=1S/C55H57NO7S/c1-3-5-7-15-23-40-28-46-50(31-48(40)60-34-38-21-13-10-14-22-38)62-51-32-49(41(24-16-8-6-4-2)29-47(51)55(46)45-26-18-17-25-43(45)54(59)63-55)61-35-39-33-56-52(58)44(53(56)64-36-39)30-42(57)27-37-19-11-9-12-20-37/h9-14,17-22,25-26,28-29,31-33,44,53H,3-8,15-16,23-24,27,30,34-36H2,1-2H3/t44-,53-,55?/m0/s1. The molecule has 0 saturated carbocycles. The van der Waals surface area contributed by atoms with Gasteiger partial charge >= 0.3 is 5.97 Å². The van der Waals surface area contributed by atoms with E-state index in [1.165, 1.54) is 0 Å². The fourth-order valence-corrected chi connectivity index (χ4v) is 10.9. The number of unbranched alkanes of at least 4 members (excludes halogenated alkanes) is 6. The Morgan fingerprint density at radius 3 is 1.94 bits per heavy atom. The van der Waals surface area contributed by atoms with Gasteiger partial charge in [0.2, 0.25) is 5.91 Å². The number of β-lactam (4-membered cyclic amide) rings is 1. The van der Waals surface area contributed by atoms with Crippen molar-refractivity contribution in [1.29, 1.82) is 0 Å². The number of nitrogens with zero attached hydrogens (tertiary/aromatic N) is 1. The molecule has 1 saturated heterocycles. The van der Waals surface area contributed by atoms with Crippen LogP contribution in [0.5, 0.6) is 23.0 Å². The fourth-order valence-electron chi connectivity index (χ4n) is 9.58. The molecule has 0 aliphatic carbocycles. The van der Waals surface area contributed by atoms with Gasteiger partial charge in [0.25, 0.3) is 0 Å². The molecule has 5 aromatic carbocycles. The molecule has 4 heterocycles. The largest absolute Gasteiger partial charge is 0.489 e. The number of aryl methyl sites for hydroxylation is 2. The average molecular weight is 876 g/mol. The first-order valence-electron chi connectivity index (χ1n) is 23.2. The number of carbonyl (C=O) groups excluding carboxylic acids is 3. The monoisotopic (exact) mass is 875 g/mol. The van der Waals surface area contributed by atoms with E-state index in [1.807, 2.05) is 91.1 Å². The SMILES string of the molecule is CCCCCCc1cc2c(cc1OCC1=CN3C(=O)[C@H](CC(=O)Cc4ccccc4)[C@@H]3SC1)Oc1cc(OCc3ccccc3)c(CCCCCC)cc1C21OC(=O)c2ccccc21. The highest BCUT2D eigenvalue weighted by molar-refractivity contribution is 8.00. The number of benzene rings is 5. The summed E-state index contributed by atoms with van der Waals surface area (Å²) in [5.41, 5.74) is 6.78. The molecule has 3 atom stereocenters. The third-order valence-corrected chi connectivity index (χ3v) is 14.4. The number of hydrogen-bond acceptors (Lipinski definition) is 8. The Morgan fingerprint density at radius 1 is 0.703 bits per heavy atom. The van der Waals surface area contributed by atoms with Gasteiger partial charge in [0.1, 0.15) is 42.0 Å². The van der Waals surface area contributed by atoms with Crippen molar-refractivity contribution in [2.45, 2.75) is 108 Å². The first-order chi connectivity index (χ1) is 31.4. The van der Waals surface area contributed by atoms with Crippen LogP contribution in [-0.2, 0) is 45.8 Å². The zero-order chi connectivity index (χ0) is 44.0. The van der Waals surface area contributed by atoms with Gasteiger partial charge in [-0.05, 0) is 71.7 Å². The molecule has 8 nitrogen and oxygen atoms in total. The Bertz CT molecular complexity index is 2540. The normalized spacial score (nSPS) is 19.1. The minimum Gasteiger partial charge on any atom is -0.489 e. The first kappa shape index (κ1) is 43.5. The number of ketones is 1. The molecule has 1 spiro atoms. The molecule has 0 radical (unpaired) electrons. The summed E-state index contributed by atoms with van der Waals surface area (Å²) in [5, 5.41) is -0.0473. The van der Waals surface area contributed by atoms with Crippen LogP contribution in [0.2, 0.25) is 0 Å². The van der Waals surface area contributed by atoms with Crippen LogP contribution in [0.15, 0.2) is 121 Å². The van der Waals surface area contributed by atoms with Crippen molar-refractivity contribution in [1.82, 2.24) is 4.90 Å². The van der Waals surface area contributed by atoms with Gasteiger partial charge in [-0.15, -0.1) is 11.8 Å². The smallest absolute Gasteiger partial charge is 0.340 e. The van der Waals surface area contributed by atoms with E-state index in [9.17, 15) is 14.4 Å². The maximum atomic E-state index is 13.9. The van der Waals surface area contributed by atoms with Gasteiger partial charge < -0.3 is 23.8 Å². The number of carbonyl (C=O) groups is 3. The van der Waals surface area contributed by atoms with E-state index in [1.54, 1.807) is 16.7 Å². The second kappa shape index (κ2) is 19.5. The number of rotatable bonds is 20. The molecule has 4 aliphatic rings. The summed E-state index contributed by atoms with van der Waals surface area (Å²) in [6, 6.07) is 35.8. The maximum Gasteiger partial charge on any atom is 0.340 e. The second-order valence-corrected chi connectivity index (χ2v) is 18.7. The maximum absolute atomic E-state index is 13.9. The number of Topliss-reactive ketones (excluding diaryl/α,β-unsaturated/α-hetero) is 1. The van der Waals surface area contributed by atoms with Crippen molar-refractivity contribution in [2.24, 2.45) is 5.92 Å². The lowest BCUT2D eigenvalue weighted by Crippen LogP contribution is -2.58. The van der Waals surface area contributed by atoms with E-state index in [0.717, 1.165) is 114 Å². The van der Waals surface area contributed by atoms with Crippen molar-refractivity contribution in [3.05, 3.63) is 165 Å². The molecular weight excluding hydrogens is 819 g/mol. The number of fused-ring (bicyclic) bond motifs is 7. The molecule has 9 rings (SSSR count). The molecular formula is C55H57NO7S. The zero-order valence-electron chi connectivity index (χ0n) is 36.9. The summed E-state index contributed by atoms with van der Waals surface area (Å²) in [6.07, 6.45) is 12.8. The van der Waals surface area contributed by atoms with E-state index in [4.69, 9.17) is 18.9 Å². The number of amides is 1. The number of ether oxygens (including phenoxy) is 4. The van der Waals surface area contributed by atoms with Crippen LogP contribution >= 0.6 is 11.8 Å². The van der Waals surface area contributed by atoms with Crippen molar-refractivity contribution < 1.29 is 33.3 Å². The Labute approximate surface area is 381 Å². The minimum absolute atomic E-state index is 0.0125. The van der Waals surface area contributed by atoms with Gasteiger partial charge in [-0.1, -0.05) is 131 Å². The predicted molar refractivity (Wildman–Crippen MR) is 251 cm³/mol. The Hall–Kier alpha value is -5.80. The molecule has 1 amide bonds. The summed E-state index contributed by atoms with van der Waals surface area (Å²) in [6.45, 7) is 5.13. The molecule has 0 N–H and O–H groups in total. The number of hydrogen-bond donors (Lipinski definition) is 0. The molecule has 64 heavy (non-hydrogen) atoms. The highest BCUT2D eigenvalue weighted by atomic mass is 32.2. The molecule has 4 aliphatic heterocycles. The van der Waals surface area contributed by atoms with Crippen LogP contribution in [0.4, 0.5) is 0 Å². The first-order valence-corrected chi connectivity index (χ1v) is 24.2. The molecule has 1 unspecified atom stereocenters. The lowest BCUT2D eigenvalue weighted by molar-refractivity contribution is -0.148. The van der Waals surface area contributed by atoms with Gasteiger partial charge in [-0.2, -0.15) is 0 Å². The lowest BCUT2D eigenvalue weighted by atomic mass is 9.76. The lowest BCUT2D eigenvalue weighted by Gasteiger charge is -2.47. The minimum atomic E-state index is -1.24. The van der Waals surface area contributed by atoms with E-state index in [-0.39, 0.29) is 35.4 Å². The van der Waals surface area contributed by atoms with Crippen LogP contribution in [0.25, 0.3) is 0 Å². The highest BCUT2D eigenvalue weighted by Crippen LogP contribution is 2.58. The van der Waals surface area contributed by atoms with Crippen LogP contribution < -0.4 is 14.2 Å². The Morgan fingerprint density at radius 2 is 1.30 bits per heavy atom. The van der Waals surface area contributed by atoms with Crippen LogP contribution in [0.1, 0.15) is 121 Å². The van der Waals surface area contributed by atoms with Gasteiger partial charge in [-0.25, -0.2) is 4.79 Å². The van der Waals surface area contributed by atoms with Crippen LogP contribution in [-0.4, -0.2) is 40.3 Å². The van der Waals surface area contributed by atoms with Crippen molar-refractivity contribution >= 4 is 29.4 Å². The quantitative estimate of drug-likeness (QED) is 0.0434. The summed E-state index contributed by atoms with van der Waals surface area (Å²) in [7, 11) is 0. The van der Waals surface area contributed by atoms with Crippen molar-refractivity contribution in [2.75, 3.05) is 12.4 Å². The summed E-state index contributed by atoms with van der Waals surface area (Å²) >= 11 is 1.69. The second-order valence-electron chi connectivity index (χ2n) is 17.6. The van der Waals surface area contributed by atoms with Gasteiger partial charge in [0.15, 0.2) is 5.60 Å². The van der Waals surface area contributed by atoms with Gasteiger partial charge in [0.05, 0.1) is 16.9 Å². The van der Waals surface area contributed by atoms with Gasteiger partial charge in [-0.3, -0.25) is 9.59 Å². The third kappa shape index (κ3) is 8.84. The molecule has 330 valence electrons. The fraction of sp³-hybridized carbons (Fsp3) is 0.364. The summed E-state index contributed by atoms with van der Waals surface area (Å²) in [4.78, 5) is 42.0. The van der Waals surface area contributed by atoms with E-state index >= 15 is 0 Å². The number of esters is 1. The van der Waals surface area contributed by atoms with E-state index < -0.39 is 5.60 Å². The van der Waals surface area contributed by atoms with E-state index in [2.05, 4.69) is 38.1 Å². The molecule has 9 heteroatoms. The Balaban J connectivity index is 1.03. The highest BCUT2D eigenvalue weighted by Gasteiger charge is 2.54. The molecule has 0 aromatic heterocycles.